The van der Waals surface area contributed by atoms with Crippen LogP contribution >= 0.6 is 11.6 Å². The van der Waals surface area contributed by atoms with E-state index in [-0.39, 0.29) is 18.3 Å². The van der Waals surface area contributed by atoms with Crippen molar-refractivity contribution in [3.8, 4) is 16.9 Å². The highest BCUT2D eigenvalue weighted by molar-refractivity contribution is 6.34. The van der Waals surface area contributed by atoms with Gasteiger partial charge < -0.3 is 19.9 Å². The second kappa shape index (κ2) is 6.55. The number of aromatic amines is 1. The van der Waals surface area contributed by atoms with Gasteiger partial charge in [0.05, 0.1) is 17.2 Å². The number of aliphatic hydroxyl groups is 1. The molecule has 0 fully saturated rings. The molecule has 0 unspecified atom stereocenters. The van der Waals surface area contributed by atoms with E-state index < -0.39 is 5.97 Å². The minimum atomic E-state index is -0.990. The summed E-state index contributed by atoms with van der Waals surface area (Å²) in [7, 11) is 0. The molecule has 0 amide bonds. The first-order valence-electron chi connectivity index (χ1n) is 7.41. The molecule has 1 aromatic heterocycles. The summed E-state index contributed by atoms with van der Waals surface area (Å²) in [6, 6.07) is 10.8. The molecule has 0 aliphatic carbocycles. The van der Waals surface area contributed by atoms with Crippen LogP contribution in [0.25, 0.3) is 22.0 Å². The van der Waals surface area contributed by atoms with Crippen molar-refractivity contribution in [1.29, 1.82) is 0 Å². The highest BCUT2D eigenvalue weighted by atomic mass is 35.5. The summed E-state index contributed by atoms with van der Waals surface area (Å²) in [4.78, 5) is 14.2. The third-order valence-corrected chi connectivity index (χ3v) is 4.07. The Kier molecular flexibility index (Phi) is 4.46. The molecule has 124 valence electrons. The van der Waals surface area contributed by atoms with Gasteiger partial charge in [0, 0.05) is 22.7 Å². The van der Waals surface area contributed by atoms with E-state index in [1.807, 2.05) is 12.1 Å². The number of fused-ring (bicyclic) bond motifs is 1. The molecule has 1 atom stereocenters. The number of H-pyrrole nitrogens is 1. The lowest BCUT2D eigenvalue weighted by Crippen LogP contribution is -2.15. The van der Waals surface area contributed by atoms with Gasteiger partial charge in [-0.1, -0.05) is 23.7 Å². The smallest absolute Gasteiger partial charge is 0.337 e. The van der Waals surface area contributed by atoms with E-state index in [9.17, 15) is 9.90 Å². The summed E-state index contributed by atoms with van der Waals surface area (Å²) in [5.74, 6) is -0.346. The Hall–Kier alpha value is -2.50. The van der Waals surface area contributed by atoms with Gasteiger partial charge in [-0.05, 0) is 36.8 Å². The van der Waals surface area contributed by atoms with Crippen LogP contribution in [0.1, 0.15) is 17.3 Å². The van der Waals surface area contributed by atoms with Gasteiger partial charge >= 0.3 is 5.97 Å². The Morgan fingerprint density at radius 3 is 2.62 bits per heavy atom. The second-order valence-electron chi connectivity index (χ2n) is 5.52. The van der Waals surface area contributed by atoms with Crippen LogP contribution in [-0.4, -0.2) is 33.9 Å². The van der Waals surface area contributed by atoms with Crippen molar-refractivity contribution in [2.75, 3.05) is 6.61 Å². The number of carbonyl (C=O) groups is 1. The van der Waals surface area contributed by atoms with Gasteiger partial charge in [0.15, 0.2) is 0 Å². The third-order valence-electron chi connectivity index (χ3n) is 3.76. The molecule has 0 aliphatic heterocycles. The maximum Gasteiger partial charge on any atom is 0.337 e. The topological polar surface area (TPSA) is 82.6 Å². The highest BCUT2D eigenvalue weighted by Gasteiger charge is 2.14. The summed E-state index contributed by atoms with van der Waals surface area (Å²) in [5.41, 5.74) is 2.48. The zero-order valence-electron chi connectivity index (χ0n) is 12.9. The molecule has 1 heterocycles. The lowest BCUT2D eigenvalue weighted by Gasteiger charge is -2.12. The zero-order valence-corrected chi connectivity index (χ0v) is 13.7. The monoisotopic (exact) mass is 345 g/mol. The van der Waals surface area contributed by atoms with E-state index in [4.69, 9.17) is 21.4 Å². The maximum atomic E-state index is 11.3. The summed E-state index contributed by atoms with van der Waals surface area (Å²) in [5, 5.41) is 19.4. The maximum absolute atomic E-state index is 11.3. The van der Waals surface area contributed by atoms with Crippen molar-refractivity contribution in [2.45, 2.75) is 13.0 Å². The standard InChI is InChI=1S/C18H16ClNO4/c1-10(9-21)24-12-4-2-11(3-5-12)13-6-14-15(18(22)23)8-20-17(14)7-16(13)19/h2-8,10,20-21H,9H2,1H3,(H,22,23)/t10-/m0/s1. The normalized spacial score (nSPS) is 12.3. The number of halogens is 1. The average Bonchev–Trinajstić information content (AvgIpc) is 2.97. The van der Waals surface area contributed by atoms with Crippen molar-refractivity contribution in [3.05, 3.63) is 53.2 Å². The number of rotatable bonds is 5. The van der Waals surface area contributed by atoms with Gasteiger partial charge in [-0.15, -0.1) is 0 Å². The third kappa shape index (κ3) is 3.09. The van der Waals surface area contributed by atoms with Crippen molar-refractivity contribution in [3.63, 3.8) is 0 Å². The van der Waals surface area contributed by atoms with Crippen LogP contribution in [0.4, 0.5) is 0 Å². The molecule has 0 spiro atoms. The summed E-state index contributed by atoms with van der Waals surface area (Å²) >= 11 is 6.34. The molecule has 0 aliphatic rings. The molecule has 0 radical (unpaired) electrons. The van der Waals surface area contributed by atoms with Gasteiger partial charge in [0.2, 0.25) is 0 Å². The number of aromatic nitrogens is 1. The molecule has 6 heteroatoms. The Labute approximate surface area is 143 Å². The van der Waals surface area contributed by atoms with E-state index in [2.05, 4.69) is 4.98 Å². The fraction of sp³-hybridized carbons (Fsp3) is 0.167. The van der Waals surface area contributed by atoms with Crippen molar-refractivity contribution in [2.24, 2.45) is 0 Å². The minimum Gasteiger partial charge on any atom is -0.488 e. The fourth-order valence-electron chi connectivity index (χ4n) is 2.52. The molecule has 3 N–H and O–H groups in total. The largest absolute Gasteiger partial charge is 0.488 e. The van der Waals surface area contributed by atoms with E-state index >= 15 is 0 Å². The molecule has 3 rings (SSSR count). The number of aromatic carboxylic acids is 1. The number of benzene rings is 2. The fourth-order valence-corrected chi connectivity index (χ4v) is 2.80. The molecule has 5 nitrogen and oxygen atoms in total. The van der Waals surface area contributed by atoms with E-state index in [0.717, 1.165) is 11.1 Å². The Morgan fingerprint density at radius 1 is 1.29 bits per heavy atom. The van der Waals surface area contributed by atoms with Crippen LogP contribution in [0, 0.1) is 0 Å². The summed E-state index contributed by atoms with van der Waals surface area (Å²) < 4.78 is 5.53. The lowest BCUT2D eigenvalue weighted by molar-refractivity contribution is 0.0699. The van der Waals surface area contributed by atoms with Crippen LogP contribution in [0.15, 0.2) is 42.6 Å². The van der Waals surface area contributed by atoms with Gasteiger partial charge in [-0.2, -0.15) is 0 Å². The number of hydrogen-bond donors (Lipinski definition) is 3. The van der Waals surface area contributed by atoms with Crippen LogP contribution in [0.3, 0.4) is 0 Å². The molecular weight excluding hydrogens is 330 g/mol. The Bertz CT molecular complexity index is 886. The summed E-state index contributed by atoms with van der Waals surface area (Å²) in [6.45, 7) is 1.72. The van der Waals surface area contributed by atoms with Crippen LogP contribution < -0.4 is 4.74 Å². The highest BCUT2D eigenvalue weighted by Crippen LogP contribution is 2.34. The number of hydrogen-bond acceptors (Lipinski definition) is 3. The van der Waals surface area contributed by atoms with Gasteiger partial charge in [0.25, 0.3) is 0 Å². The van der Waals surface area contributed by atoms with Gasteiger partial charge in [-0.25, -0.2) is 4.79 Å². The number of carboxylic acids is 1. The number of ether oxygens (including phenoxy) is 1. The van der Waals surface area contributed by atoms with Crippen molar-refractivity contribution < 1.29 is 19.7 Å². The first-order valence-corrected chi connectivity index (χ1v) is 7.79. The molecule has 24 heavy (non-hydrogen) atoms. The van der Waals surface area contributed by atoms with Gasteiger partial charge in [0.1, 0.15) is 11.9 Å². The van der Waals surface area contributed by atoms with Crippen LogP contribution in [0.5, 0.6) is 5.75 Å². The number of carboxylic acid groups (broad SMARTS) is 1. The molecule has 0 saturated heterocycles. The number of nitrogens with one attached hydrogen (secondary N) is 1. The quantitative estimate of drug-likeness (QED) is 0.654. The Morgan fingerprint density at radius 2 is 2.00 bits per heavy atom. The molecule has 0 saturated carbocycles. The van der Waals surface area contributed by atoms with Crippen LogP contribution in [-0.2, 0) is 0 Å². The molecule has 2 aromatic carbocycles. The molecular formula is C18H16ClNO4. The Balaban J connectivity index is 2.00. The first kappa shape index (κ1) is 16.4. The average molecular weight is 346 g/mol. The number of aliphatic hydroxyl groups excluding tert-OH is 1. The van der Waals surface area contributed by atoms with E-state index in [1.54, 1.807) is 31.2 Å². The van der Waals surface area contributed by atoms with Gasteiger partial charge in [-0.3, -0.25) is 0 Å². The van der Waals surface area contributed by atoms with Crippen LogP contribution in [0.2, 0.25) is 5.02 Å². The minimum absolute atomic E-state index is 0.0598. The first-order chi connectivity index (χ1) is 11.5. The lowest BCUT2D eigenvalue weighted by atomic mass is 10.0. The predicted molar refractivity (Wildman–Crippen MR) is 92.9 cm³/mol. The van der Waals surface area contributed by atoms with E-state index in [0.29, 0.717) is 21.7 Å². The van der Waals surface area contributed by atoms with Crippen molar-refractivity contribution >= 4 is 28.5 Å². The predicted octanol–water partition coefficient (Wildman–Crippen LogP) is 3.95. The molecule has 0 bridgehead atoms. The molecule has 3 aromatic rings. The zero-order chi connectivity index (χ0) is 17.3. The van der Waals surface area contributed by atoms with E-state index in [1.165, 1.54) is 6.20 Å². The second-order valence-corrected chi connectivity index (χ2v) is 5.93. The summed E-state index contributed by atoms with van der Waals surface area (Å²) in [6.07, 6.45) is 1.18. The SMILES string of the molecule is C[C@@H](CO)Oc1ccc(-c2cc3c(C(=O)O)c[nH]c3cc2Cl)cc1. The van der Waals surface area contributed by atoms with Crippen molar-refractivity contribution in [1.82, 2.24) is 4.98 Å².